The van der Waals surface area contributed by atoms with Gasteiger partial charge >= 0.3 is 11.8 Å². The Morgan fingerprint density at radius 3 is 2.53 bits per heavy atom. The van der Waals surface area contributed by atoms with E-state index in [1.165, 1.54) is 17.3 Å². The molecular formula is C25H27ClN4O4. The van der Waals surface area contributed by atoms with Crippen LogP contribution in [0.25, 0.3) is 0 Å². The first kappa shape index (κ1) is 22.7. The van der Waals surface area contributed by atoms with Crippen LogP contribution >= 0.6 is 11.6 Å². The predicted molar refractivity (Wildman–Crippen MR) is 129 cm³/mol. The second kappa shape index (κ2) is 9.27. The first-order valence-electron chi connectivity index (χ1n) is 11.5. The molecule has 0 spiro atoms. The van der Waals surface area contributed by atoms with Gasteiger partial charge in [-0.1, -0.05) is 35.9 Å². The third kappa shape index (κ3) is 5.03. The molecule has 178 valence electrons. The zero-order chi connectivity index (χ0) is 23.7. The highest BCUT2D eigenvalue weighted by atomic mass is 35.5. The van der Waals surface area contributed by atoms with Crippen molar-refractivity contribution in [3.05, 3.63) is 81.0 Å². The molecule has 8 nitrogen and oxygen atoms in total. The van der Waals surface area contributed by atoms with E-state index in [0.29, 0.717) is 19.1 Å². The highest BCUT2D eigenvalue weighted by molar-refractivity contribution is 6.30. The number of rotatable bonds is 7. The molecule has 34 heavy (non-hydrogen) atoms. The lowest BCUT2D eigenvalue weighted by molar-refractivity contribution is -0.389. The molecule has 0 unspecified atom stereocenters. The molecular weight excluding hydrogens is 456 g/mol. The summed E-state index contributed by atoms with van der Waals surface area (Å²) in [6.45, 7) is 5.81. The molecule has 0 radical (unpaired) electrons. The van der Waals surface area contributed by atoms with Crippen molar-refractivity contribution in [2.45, 2.75) is 44.4 Å². The molecule has 9 heteroatoms. The van der Waals surface area contributed by atoms with Gasteiger partial charge in [-0.2, -0.15) is 0 Å². The maximum absolute atomic E-state index is 10.9. The number of fused-ring (bicyclic) bond motifs is 1. The van der Waals surface area contributed by atoms with Crippen LogP contribution in [-0.2, 0) is 13.1 Å². The van der Waals surface area contributed by atoms with Crippen molar-refractivity contribution in [2.24, 2.45) is 0 Å². The van der Waals surface area contributed by atoms with E-state index in [4.69, 9.17) is 21.1 Å². The number of likely N-dealkylation sites (tertiary alicyclic amines) is 1. The fourth-order valence-electron chi connectivity index (χ4n) is 4.70. The molecule has 0 amide bonds. The van der Waals surface area contributed by atoms with Crippen molar-refractivity contribution in [1.82, 2.24) is 14.5 Å². The maximum atomic E-state index is 10.9. The minimum absolute atomic E-state index is 0.204. The number of piperidine rings is 1. The Morgan fingerprint density at radius 2 is 1.88 bits per heavy atom. The summed E-state index contributed by atoms with van der Waals surface area (Å²) in [4.78, 5) is 16.8. The van der Waals surface area contributed by atoms with Crippen molar-refractivity contribution in [2.75, 3.05) is 19.7 Å². The number of aromatic nitrogens is 2. The number of hydrogen-bond donors (Lipinski definition) is 0. The van der Waals surface area contributed by atoms with E-state index in [0.717, 1.165) is 43.2 Å². The fourth-order valence-corrected chi connectivity index (χ4v) is 4.83. The van der Waals surface area contributed by atoms with Crippen molar-refractivity contribution in [3.8, 4) is 11.8 Å². The minimum atomic E-state index is -0.618. The largest absolute Gasteiger partial charge is 0.489 e. The van der Waals surface area contributed by atoms with E-state index >= 15 is 0 Å². The second-order valence-corrected chi connectivity index (χ2v) is 9.79. The Morgan fingerprint density at radius 1 is 1.18 bits per heavy atom. The summed E-state index contributed by atoms with van der Waals surface area (Å²) in [7, 11) is 0. The van der Waals surface area contributed by atoms with Gasteiger partial charge in [0.2, 0.25) is 0 Å². The second-order valence-electron chi connectivity index (χ2n) is 9.35. The van der Waals surface area contributed by atoms with Crippen LogP contribution in [0.4, 0.5) is 5.82 Å². The number of ether oxygens (including phenoxy) is 2. The van der Waals surface area contributed by atoms with Crippen molar-refractivity contribution < 1.29 is 14.4 Å². The number of hydrogen-bond acceptors (Lipinski definition) is 6. The van der Waals surface area contributed by atoms with Gasteiger partial charge in [0.25, 0.3) is 0 Å². The molecule has 1 atom stereocenters. The molecule has 0 N–H and O–H groups in total. The third-order valence-corrected chi connectivity index (χ3v) is 6.81. The van der Waals surface area contributed by atoms with Crippen LogP contribution in [0.15, 0.2) is 54.7 Å². The first-order chi connectivity index (χ1) is 16.4. The number of benzene rings is 2. The molecule has 5 rings (SSSR count). The Bertz CT molecular complexity index is 1130. The molecule has 3 heterocycles. The molecule has 0 bridgehead atoms. The van der Waals surface area contributed by atoms with E-state index in [9.17, 15) is 10.1 Å². The maximum Gasteiger partial charge on any atom is 0.415 e. The Hall–Kier alpha value is -3.10. The van der Waals surface area contributed by atoms with Gasteiger partial charge in [0.1, 0.15) is 18.6 Å². The van der Waals surface area contributed by atoms with Gasteiger partial charge in [-0.15, -0.1) is 0 Å². The SMILES string of the molecule is C[C@]1(COc2ccc(C3CCN(Cc4ccc(Cl)cc4)CC3)cc2)Cn2cc([N+](=O)[O-])nc2O1. The molecule has 2 aliphatic rings. The summed E-state index contributed by atoms with van der Waals surface area (Å²) >= 11 is 5.99. The Balaban J connectivity index is 1.10. The zero-order valence-corrected chi connectivity index (χ0v) is 19.8. The molecule has 0 saturated carbocycles. The Labute approximate surface area is 203 Å². The van der Waals surface area contributed by atoms with E-state index < -0.39 is 10.5 Å². The first-order valence-corrected chi connectivity index (χ1v) is 11.8. The van der Waals surface area contributed by atoms with Gasteiger partial charge < -0.3 is 19.6 Å². The lowest BCUT2D eigenvalue weighted by atomic mass is 9.89. The van der Waals surface area contributed by atoms with Crippen LogP contribution in [0.2, 0.25) is 5.02 Å². The smallest absolute Gasteiger partial charge is 0.415 e. The highest BCUT2D eigenvalue weighted by Crippen LogP contribution is 2.33. The van der Waals surface area contributed by atoms with Crippen LogP contribution in [0.3, 0.4) is 0 Å². The number of nitro groups is 1. The van der Waals surface area contributed by atoms with Gasteiger partial charge in [-0.05, 0) is 79.1 Å². The number of halogens is 1. The molecule has 2 aromatic carbocycles. The molecule has 2 aliphatic heterocycles. The molecule has 1 fully saturated rings. The zero-order valence-electron chi connectivity index (χ0n) is 19.0. The van der Waals surface area contributed by atoms with Crippen LogP contribution in [-0.4, -0.2) is 44.7 Å². The van der Waals surface area contributed by atoms with Crippen LogP contribution in [0.1, 0.15) is 36.8 Å². The summed E-state index contributed by atoms with van der Waals surface area (Å²) in [5.74, 6) is 1.13. The highest BCUT2D eigenvalue weighted by Gasteiger charge is 2.41. The normalized spacial score (nSPS) is 20.6. The van der Waals surface area contributed by atoms with Crippen LogP contribution < -0.4 is 9.47 Å². The summed E-state index contributed by atoms with van der Waals surface area (Å²) in [5.41, 5.74) is 2.02. The van der Waals surface area contributed by atoms with E-state index in [-0.39, 0.29) is 11.8 Å². The lowest BCUT2D eigenvalue weighted by Crippen LogP contribution is -2.38. The molecule has 0 aliphatic carbocycles. The summed E-state index contributed by atoms with van der Waals surface area (Å²) in [5, 5.41) is 11.6. The Kier molecular flexibility index (Phi) is 6.18. The van der Waals surface area contributed by atoms with Crippen molar-refractivity contribution in [1.29, 1.82) is 0 Å². The summed E-state index contributed by atoms with van der Waals surface area (Å²) in [6.07, 6.45) is 3.67. The topological polar surface area (TPSA) is 82.7 Å². The van der Waals surface area contributed by atoms with Gasteiger partial charge in [0.15, 0.2) is 5.60 Å². The number of nitrogens with zero attached hydrogens (tertiary/aromatic N) is 4. The molecule has 3 aromatic rings. The summed E-state index contributed by atoms with van der Waals surface area (Å²) in [6, 6.07) is 16.7. The summed E-state index contributed by atoms with van der Waals surface area (Å²) < 4.78 is 13.5. The van der Waals surface area contributed by atoms with E-state index in [1.54, 1.807) is 4.57 Å². The lowest BCUT2D eigenvalue weighted by Gasteiger charge is -2.32. The van der Waals surface area contributed by atoms with E-state index in [2.05, 4.69) is 34.1 Å². The van der Waals surface area contributed by atoms with Gasteiger partial charge in [-0.3, -0.25) is 9.47 Å². The monoisotopic (exact) mass is 482 g/mol. The molecule has 1 aromatic heterocycles. The minimum Gasteiger partial charge on any atom is -0.489 e. The van der Waals surface area contributed by atoms with Crippen LogP contribution in [0, 0.1) is 10.1 Å². The predicted octanol–water partition coefficient (Wildman–Crippen LogP) is 5.05. The quantitative estimate of drug-likeness (QED) is 0.346. The van der Waals surface area contributed by atoms with Gasteiger partial charge in [0.05, 0.1) is 6.54 Å². The van der Waals surface area contributed by atoms with Gasteiger partial charge in [0, 0.05) is 16.6 Å². The fraction of sp³-hybridized carbons (Fsp3) is 0.400. The third-order valence-electron chi connectivity index (χ3n) is 6.56. The average molecular weight is 483 g/mol. The van der Waals surface area contributed by atoms with Gasteiger partial charge in [-0.25, -0.2) is 0 Å². The standard InChI is InChI=1S/C25H27ClN4O4/c1-25(16-29-15-23(30(31)32)27-24(29)34-25)17-33-22-8-4-19(5-9-22)20-10-12-28(13-11-20)14-18-2-6-21(26)7-3-18/h2-9,15,20H,10-14,16-17H2,1H3/t25-/m1/s1. The molecule has 1 saturated heterocycles. The van der Waals surface area contributed by atoms with Crippen molar-refractivity contribution in [3.63, 3.8) is 0 Å². The number of imidazole rings is 1. The average Bonchev–Trinajstić information content (AvgIpc) is 3.36. The van der Waals surface area contributed by atoms with E-state index in [1.807, 2.05) is 31.2 Å². The van der Waals surface area contributed by atoms with Crippen molar-refractivity contribution >= 4 is 17.4 Å². The van der Waals surface area contributed by atoms with Crippen LogP contribution in [0.5, 0.6) is 11.8 Å².